The summed E-state index contributed by atoms with van der Waals surface area (Å²) < 4.78 is 47.2. The highest BCUT2D eigenvalue weighted by atomic mass is 35.5. The number of hydrogen-bond acceptors (Lipinski definition) is 12. The minimum absolute atomic E-state index is 0.113. The van der Waals surface area contributed by atoms with Crippen LogP contribution in [-0.4, -0.2) is 69.7 Å². The first kappa shape index (κ1) is 26.5. The minimum atomic E-state index is -4.16. The van der Waals surface area contributed by atoms with Gasteiger partial charge in [0.05, 0.1) is 25.3 Å². The van der Waals surface area contributed by atoms with E-state index < -0.39 is 21.4 Å². The molecule has 1 saturated carbocycles. The lowest BCUT2D eigenvalue weighted by Gasteiger charge is -2.30. The second-order valence-electron chi connectivity index (χ2n) is 8.22. The fraction of sp³-hybridized carbons (Fsp3) is 0.476. The van der Waals surface area contributed by atoms with E-state index in [9.17, 15) is 13.7 Å². The molecule has 3 aromatic heterocycles. The van der Waals surface area contributed by atoms with E-state index in [0.717, 1.165) is 0 Å². The van der Waals surface area contributed by atoms with E-state index in [1.165, 1.54) is 51.5 Å². The van der Waals surface area contributed by atoms with Crippen LogP contribution in [0.4, 0.5) is 5.95 Å². The van der Waals surface area contributed by atoms with Gasteiger partial charge in [-0.3, -0.25) is 9.29 Å². The predicted octanol–water partition coefficient (Wildman–Crippen LogP) is 2.05. The van der Waals surface area contributed by atoms with E-state index >= 15 is 0 Å². The number of nitrogens with one attached hydrogen (secondary N) is 1. The Morgan fingerprint density at radius 3 is 2.27 bits per heavy atom. The van der Waals surface area contributed by atoms with Crippen molar-refractivity contribution in [1.82, 2.24) is 34.7 Å². The first-order valence-electron chi connectivity index (χ1n) is 11.0. The maximum atomic E-state index is 13.5. The largest absolute Gasteiger partial charge is 0.479 e. The molecule has 1 N–H and O–H groups in total. The molecule has 16 heteroatoms. The number of anilines is 1. The van der Waals surface area contributed by atoms with E-state index in [0.29, 0.717) is 23.7 Å². The van der Waals surface area contributed by atoms with E-state index in [2.05, 4.69) is 40.9 Å². The lowest BCUT2D eigenvalue weighted by molar-refractivity contribution is 0.0950. The molecular formula is C21H24ClN9O5S. The fourth-order valence-electron chi connectivity index (χ4n) is 3.98. The third kappa shape index (κ3) is 5.13. The van der Waals surface area contributed by atoms with Crippen molar-refractivity contribution in [3.8, 4) is 23.5 Å². The Labute approximate surface area is 218 Å². The molecule has 2 unspecified atom stereocenters. The lowest BCUT2D eigenvalue weighted by atomic mass is 9.75. The Morgan fingerprint density at radius 2 is 1.73 bits per heavy atom. The molecule has 0 aliphatic heterocycles. The monoisotopic (exact) mass is 549 g/mol. The molecule has 0 bridgehead atoms. The van der Waals surface area contributed by atoms with Crippen molar-refractivity contribution in [3.05, 3.63) is 35.4 Å². The molecule has 2 atom stereocenters. The highest BCUT2D eigenvalue weighted by Gasteiger charge is 2.39. The first-order valence-corrected chi connectivity index (χ1v) is 13.0. The predicted molar refractivity (Wildman–Crippen MR) is 130 cm³/mol. The molecule has 1 aliphatic carbocycles. The Bertz CT molecular complexity index is 1380. The molecule has 0 aromatic carbocycles. The van der Waals surface area contributed by atoms with Crippen LogP contribution in [0.25, 0.3) is 5.69 Å². The first-order chi connectivity index (χ1) is 17.7. The summed E-state index contributed by atoms with van der Waals surface area (Å²) in [6.45, 7) is 1.45. The van der Waals surface area contributed by atoms with Crippen molar-refractivity contribution in [2.45, 2.75) is 37.0 Å². The van der Waals surface area contributed by atoms with Crippen LogP contribution in [0, 0.1) is 17.2 Å². The number of methoxy groups -OCH3 is 3. The smallest absolute Gasteiger partial charge is 0.245 e. The normalized spacial score (nSPS) is 18.8. The highest BCUT2D eigenvalue weighted by molar-refractivity contribution is 7.93. The molecule has 0 saturated heterocycles. The van der Waals surface area contributed by atoms with Gasteiger partial charge in [-0.1, -0.05) is 11.6 Å². The molecule has 3 heterocycles. The van der Waals surface area contributed by atoms with Gasteiger partial charge in [0.1, 0.15) is 23.5 Å². The average molecular weight is 550 g/mol. The number of nitrogens with zero attached hydrogens (tertiary/aromatic N) is 8. The standard InChI is InChI=1S/C21H24ClN9O5S/c1-11(16(34-2)17-24-8-14(22)9-25-17)37(32,33)30-21-29-28-18(13-5-12(6-13)7-23)31(21)15-19(35-3)26-10-27-20(15)36-4/h8-13,16H,5-6H2,1-4H3,(H,29,30). The SMILES string of the molecule is COc1ncnc(OC)c1-n1c(NS(=O)(=O)C(C)C(OC)c2ncc(Cl)cn2)nnc1C1CC(C#N)C1. The van der Waals surface area contributed by atoms with Gasteiger partial charge in [-0.05, 0) is 19.8 Å². The number of aromatic nitrogens is 7. The Morgan fingerprint density at radius 1 is 1.11 bits per heavy atom. The van der Waals surface area contributed by atoms with Crippen LogP contribution in [0.2, 0.25) is 5.02 Å². The van der Waals surface area contributed by atoms with Crippen LogP contribution in [0.1, 0.15) is 43.4 Å². The molecule has 3 aromatic rings. The number of rotatable bonds is 10. The average Bonchev–Trinajstić information content (AvgIpc) is 3.25. The number of hydrogen-bond donors (Lipinski definition) is 1. The van der Waals surface area contributed by atoms with Crippen molar-refractivity contribution in [2.75, 3.05) is 26.1 Å². The van der Waals surface area contributed by atoms with Crippen LogP contribution in [-0.2, 0) is 14.8 Å². The van der Waals surface area contributed by atoms with Gasteiger partial charge in [-0.25, -0.2) is 18.4 Å². The van der Waals surface area contributed by atoms with Crippen LogP contribution in [0.3, 0.4) is 0 Å². The molecule has 0 spiro atoms. The molecule has 14 nitrogen and oxygen atoms in total. The van der Waals surface area contributed by atoms with E-state index in [4.69, 9.17) is 25.8 Å². The lowest BCUT2D eigenvalue weighted by Crippen LogP contribution is -2.33. The third-order valence-electron chi connectivity index (χ3n) is 6.04. The maximum Gasteiger partial charge on any atom is 0.245 e. The Kier molecular flexibility index (Phi) is 7.71. The molecular weight excluding hydrogens is 526 g/mol. The number of nitriles is 1. The molecule has 1 fully saturated rings. The van der Waals surface area contributed by atoms with Crippen LogP contribution in [0.15, 0.2) is 18.7 Å². The quantitative estimate of drug-likeness (QED) is 0.389. The van der Waals surface area contributed by atoms with Gasteiger partial charge in [0.25, 0.3) is 0 Å². The Balaban J connectivity index is 1.76. The summed E-state index contributed by atoms with van der Waals surface area (Å²) in [5, 5.41) is 16.7. The van der Waals surface area contributed by atoms with Gasteiger partial charge in [0, 0.05) is 31.3 Å². The molecule has 37 heavy (non-hydrogen) atoms. The fourth-order valence-corrected chi connectivity index (χ4v) is 5.21. The van der Waals surface area contributed by atoms with Gasteiger partial charge in [-0.15, -0.1) is 10.2 Å². The zero-order chi connectivity index (χ0) is 26.7. The summed E-state index contributed by atoms with van der Waals surface area (Å²) in [6.07, 6.45) is 4.02. The van der Waals surface area contributed by atoms with Crippen LogP contribution < -0.4 is 14.2 Å². The summed E-state index contributed by atoms with van der Waals surface area (Å²) in [6, 6.07) is 2.23. The number of halogens is 1. The van der Waals surface area contributed by atoms with Gasteiger partial charge in [0.2, 0.25) is 27.7 Å². The second-order valence-corrected chi connectivity index (χ2v) is 10.7. The summed E-state index contributed by atoms with van der Waals surface area (Å²) >= 11 is 5.86. The van der Waals surface area contributed by atoms with Crippen LogP contribution in [0.5, 0.6) is 11.8 Å². The number of ether oxygens (including phenoxy) is 3. The van der Waals surface area contributed by atoms with Crippen LogP contribution >= 0.6 is 11.6 Å². The summed E-state index contributed by atoms with van der Waals surface area (Å²) in [4.78, 5) is 16.4. The zero-order valence-electron chi connectivity index (χ0n) is 20.4. The Hall–Kier alpha value is -3.61. The second kappa shape index (κ2) is 10.8. The van der Waals surface area contributed by atoms with Gasteiger partial charge in [-0.2, -0.15) is 15.2 Å². The third-order valence-corrected chi connectivity index (χ3v) is 7.93. The molecule has 0 radical (unpaired) electrons. The van der Waals surface area contributed by atoms with Crippen molar-refractivity contribution in [1.29, 1.82) is 5.26 Å². The maximum absolute atomic E-state index is 13.5. The molecule has 196 valence electrons. The summed E-state index contributed by atoms with van der Waals surface area (Å²) in [5.41, 5.74) is 0.211. The van der Waals surface area contributed by atoms with E-state index in [1.54, 1.807) is 0 Å². The molecule has 4 rings (SSSR count). The topological polar surface area (TPSA) is 180 Å². The summed E-state index contributed by atoms with van der Waals surface area (Å²) in [7, 11) is 0.0171. The van der Waals surface area contributed by atoms with Gasteiger partial charge in [0.15, 0.2) is 11.5 Å². The zero-order valence-corrected chi connectivity index (χ0v) is 21.9. The van der Waals surface area contributed by atoms with Crippen molar-refractivity contribution >= 4 is 27.6 Å². The highest BCUT2D eigenvalue weighted by Crippen LogP contribution is 2.43. The minimum Gasteiger partial charge on any atom is -0.479 e. The van der Waals surface area contributed by atoms with Crippen molar-refractivity contribution < 1.29 is 22.6 Å². The molecule has 1 aliphatic rings. The van der Waals surface area contributed by atoms with E-state index in [1.807, 2.05) is 0 Å². The van der Waals surface area contributed by atoms with Crippen molar-refractivity contribution in [2.24, 2.45) is 5.92 Å². The summed E-state index contributed by atoms with van der Waals surface area (Å²) in [5.74, 6) is 0.352. The molecule has 0 amide bonds. The number of sulfonamides is 1. The van der Waals surface area contributed by atoms with Gasteiger partial charge < -0.3 is 14.2 Å². The van der Waals surface area contributed by atoms with Gasteiger partial charge >= 0.3 is 0 Å². The van der Waals surface area contributed by atoms with E-state index in [-0.39, 0.29) is 41.1 Å². The van der Waals surface area contributed by atoms with Crippen molar-refractivity contribution in [3.63, 3.8) is 0 Å².